The second-order valence-corrected chi connectivity index (χ2v) is 4.47. The largest absolute Gasteiger partial charge is 0.505 e. The van der Waals surface area contributed by atoms with Crippen molar-refractivity contribution in [3.63, 3.8) is 0 Å². The van der Waals surface area contributed by atoms with Crippen LogP contribution in [-0.4, -0.2) is 21.3 Å². The van der Waals surface area contributed by atoms with Gasteiger partial charge in [0.15, 0.2) is 17.7 Å². The molecule has 1 aliphatic rings. The summed E-state index contributed by atoms with van der Waals surface area (Å²) >= 11 is 0. The van der Waals surface area contributed by atoms with E-state index in [-0.39, 0.29) is 0 Å². The Hall–Kier alpha value is -2.14. The average Bonchev–Trinajstić information content (AvgIpc) is 2.41. The van der Waals surface area contributed by atoms with Gasteiger partial charge in [0.1, 0.15) is 11.9 Å². The summed E-state index contributed by atoms with van der Waals surface area (Å²) in [6.07, 6.45) is 0.525. The van der Waals surface area contributed by atoms with Crippen molar-refractivity contribution in [2.45, 2.75) is 18.6 Å². The van der Waals surface area contributed by atoms with Gasteiger partial charge in [0.05, 0.1) is 5.69 Å². The standard InChI is InChI=1S/C14H12FNO3/c15-9-6-8(3-4-11(9)17)14-12(18)7-10-13(19-14)2-1-5-16-10/h1-6,12,14,17-18H,7H2. The Labute approximate surface area is 109 Å². The molecule has 4 nitrogen and oxygen atoms in total. The zero-order chi connectivity index (χ0) is 13.4. The lowest BCUT2D eigenvalue weighted by atomic mass is 9.97. The maximum atomic E-state index is 13.4. The van der Waals surface area contributed by atoms with Crippen molar-refractivity contribution in [2.24, 2.45) is 0 Å². The van der Waals surface area contributed by atoms with E-state index < -0.39 is 23.8 Å². The number of aromatic hydroxyl groups is 1. The Balaban J connectivity index is 1.96. The van der Waals surface area contributed by atoms with Crippen molar-refractivity contribution in [3.8, 4) is 11.5 Å². The third kappa shape index (κ3) is 2.13. The molecule has 3 rings (SSSR count). The Morgan fingerprint density at radius 3 is 2.95 bits per heavy atom. The molecule has 0 spiro atoms. The summed E-state index contributed by atoms with van der Waals surface area (Å²) in [5.74, 6) is -0.562. The van der Waals surface area contributed by atoms with Gasteiger partial charge >= 0.3 is 0 Å². The number of phenols is 1. The van der Waals surface area contributed by atoms with Crippen molar-refractivity contribution in [1.29, 1.82) is 0 Å². The molecule has 0 saturated heterocycles. The minimum atomic E-state index is -0.800. The summed E-state index contributed by atoms with van der Waals surface area (Å²) in [5, 5.41) is 19.3. The van der Waals surface area contributed by atoms with E-state index in [4.69, 9.17) is 4.74 Å². The molecule has 1 aliphatic heterocycles. The highest BCUT2D eigenvalue weighted by atomic mass is 19.1. The summed E-state index contributed by atoms with van der Waals surface area (Å²) in [5.41, 5.74) is 1.17. The highest BCUT2D eigenvalue weighted by molar-refractivity contribution is 5.35. The SMILES string of the molecule is Oc1ccc(C2Oc3cccnc3CC2O)cc1F. The molecule has 0 fully saturated rings. The number of aliphatic hydroxyl groups is 1. The Morgan fingerprint density at radius 2 is 2.16 bits per heavy atom. The molecule has 0 saturated carbocycles. The molecule has 0 amide bonds. The van der Waals surface area contributed by atoms with Crippen LogP contribution in [0.4, 0.5) is 4.39 Å². The number of nitrogens with zero attached hydrogens (tertiary/aromatic N) is 1. The first-order chi connectivity index (χ1) is 9.15. The van der Waals surface area contributed by atoms with Crippen LogP contribution in [0.3, 0.4) is 0 Å². The summed E-state index contributed by atoms with van der Waals surface area (Å²) in [4.78, 5) is 4.13. The summed E-state index contributed by atoms with van der Waals surface area (Å²) in [6, 6.07) is 7.46. The molecule has 1 aromatic carbocycles. The monoisotopic (exact) mass is 261 g/mol. The van der Waals surface area contributed by atoms with Crippen molar-refractivity contribution in [3.05, 3.63) is 53.6 Å². The fraction of sp³-hybridized carbons (Fsp3) is 0.214. The number of hydrogen-bond acceptors (Lipinski definition) is 4. The first-order valence-corrected chi connectivity index (χ1v) is 5.92. The lowest BCUT2D eigenvalue weighted by Gasteiger charge is -2.30. The predicted octanol–water partition coefficient (Wildman–Crippen LogP) is 1.96. The fourth-order valence-corrected chi connectivity index (χ4v) is 2.19. The number of fused-ring (bicyclic) bond motifs is 1. The van der Waals surface area contributed by atoms with Crippen LogP contribution < -0.4 is 4.74 Å². The van der Waals surface area contributed by atoms with Gasteiger partial charge in [-0.1, -0.05) is 6.07 Å². The fourth-order valence-electron chi connectivity index (χ4n) is 2.19. The van der Waals surface area contributed by atoms with E-state index in [9.17, 15) is 14.6 Å². The van der Waals surface area contributed by atoms with Crippen LogP contribution >= 0.6 is 0 Å². The topological polar surface area (TPSA) is 62.6 Å². The van der Waals surface area contributed by atoms with E-state index in [1.165, 1.54) is 18.2 Å². The lowest BCUT2D eigenvalue weighted by molar-refractivity contribution is 0.0191. The third-order valence-corrected chi connectivity index (χ3v) is 3.15. The first kappa shape index (κ1) is 11.9. The first-order valence-electron chi connectivity index (χ1n) is 5.92. The van der Waals surface area contributed by atoms with Gasteiger partial charge in [-0.3, -0.25) is 4.98 Å². The van der Waals surface area contributed by atoms with Crippen LogP contribution in [0.1, 0.15) is 17.4 Å². The predicted molar refractivity (Wildman–Crippen MR) is 65.4 cm³/mol. The van der Waals surface area contributed by atoms with Gasteiger partial charge in [-0.25, -0.2) is 4.39 Å². The van der Waals surface area contributed by atoms with E-state index in [2.05, 4.69) is 4.98 Å². The van der Waals surface area contributed by atoms with Crippen molar-refractivity contribution in [1.82, 2.24) is 4.98 Å². The summed E-state index contributed by atoms with van der Waals surface area (Å²) < 4.78 is 19.0. The van der Waals surface area contributed by atoms with Crippen LogP contribution in [0, 0.1) is 5.82 Å². The van der Waals surface area contributed by atoms with Crippen LogP contribution in [0.15, 0.2) is 36.5 Å². The number of halogens is 1. The lowest BCUT2D eigenvalue weighted by Crippen LogP contribution is -2.30. The highest BCUT2D eigenvalue weighted by Crippen LogP contribution is 2.34. The zero-order valence-electron chi connectivity index (χ0n) is 9.95. The highest BCUT2D eigenvalue weighted by Gasteiger charge is 2.30. The van der Waals surface area contributed by atoms with E-state index in [1.807, 2.05) is 0 Å². The number of rotatable bonds is 1. The van der Waals surface area contributed by atoms with Crippen LogP contribution in [-0.2, 0) is 6.42 Å². The van der Waals surface area contributed by atoms with Gasteiger partial charge in [-0.2, -0.15) is 0 Å². The zero-order valence-corrected chi connectivity index (χ0v) is 9.95. The Morgan fingerprint density at radius 1 is 1.32 bits per heavy atom. The molecule has 19 heavy (non-hydrogen) atoms. The second-order valence-electron chi connectivity index (χ2n) is 4.47. The third-order valence-electron chi connectivity index (χ3n) is 3.15. The van der Waals surface area contributed by atoms with Gasteiger partial charge < -0.3 is 14.9 Å². The van der Waals surface area contributed by atoms with Crippen LogP contribution in [0.2, 0.25) is 0 Å². The smallest absolute Gasteiger partial charge is 0.165 e. The van der Waals surface area contributed by atoms with Crippen molar-refractivity contribution < 1.29 is 19.3 Å². The molecule has 1 aromatic heterocycles. The van der Waals surface area contributed by atoms with Gasteiger partial charge in [-0.05, 0) is 29.8 Å². The quantitative estimate of drug-likeness (QED) is 0.823. The molecule has 5 heteroatoms. The number of benzene rings is 1. The molecule has 0 aliphatic carbocycles. The molecule has 2 atom stereocenters. The second kappa shape index (κ2) is 4.51. The Bertz CT molecular complexity index is 617. The van der Waals surface area contributed by atoms with E-state index in [1.54, 1.807) is 18.3 Å². The van der Waals surface area contributed by atoms with E-state index >= 15 is 0 Å². The average molecular weight is 261 g/mol. The number of ether oxygens (including phenoxy) is 1. The van der Waals surface area contributed by atoms with Crippen molar-refractivity contribution >= 4 is 0 Å². The maximum absolute atomic E-state index is 13.4. The van der Waals surface area contributed by atoms with Gasteiger partial charge in [0, 0.05) is 12.6 Å². The molecular weight excluding hydrogens is 249 g/mol. The summed E-state index contributed by atoms with van der Waals surface area (Å²) in [6.45, 7) is 0. The minimum Gasteiger partial charge on any atom is -0.505 e. The molecule has 2 N–H and O–H groups in total. The molecular formula is C14H12FNO3. The van der Waals surface area contributed by atoms with E-state index in [0.717, 1.165) is 0 Å². The Kier molecular flexibility index (Phi) is 2.83. The number of hydrogen-bond donors (Lipinski definition) is 2. The molecule has 0 bridgehead atoms. The summed E-state index contributed by atoms with van der Waals surface area (Å²) in [7, 11) is 0. The van der Waals surface area contributed by atoms with Gasteiger partial charge in [-0.15, -0.1) is 0 Å². The van der Waals surface area contributed by atoms with E-state index in [0.29, 0.717) is 23.4 Å². The molecule has 98 valence electrons. The van der Waals surface area contributed by atoms with Crippen molar-refractivity contribution in [2.75, 3.05) is 0 Å². The molecule has 2 unspecified atom stereocenters. The molecule has 2 heterocycles. The number of pyridine rings is 1. The van der Waals surface area contributed by atoms with Crippen LogP contribution in [0.5, 0.6) is 11.5 Å². The van der Waals surface area contributed by atoms with Crippen LogP contribution in [0.25, 0.3) is 0 Å². The molecule has 2 aromatic rings. The minimum absolute atomic E-state index is 0.351. The number of aromatic nitrogens is 1. The maximum Gasteiger partial charge on any atom is 0.165 e. The molecule has 0 radical (unpaired) electrons. The normalized spacial score (nSPS) is 21.6. The number of aliphatic hydroxyl groups excluding tert-OH is 1. The number of phenolic OH excluding ortho intramolecular Hbond substituents is 1. The van der Waals surface area contributed by atoms with Gasteiger partial charge in [0.25, 0.3) is 0 Å². The van der Waals surface area contributed by atoms with Gasteiger partial charge in [0.2, 0.25) is 0 Å².